The predicted octanol–water partition coefficient (Wildman–Crippen LogP) is 1.41. The molecule has 6 N–H and O–H groups in total. The highest BCUT2D eigenvalue weighted by molar-refractivity contribution is 7.97. The summed E-state index contributed by atoms with van der Waals surface area (Å²) in [5.74, 6) is -3.04. The van der Waals surface area contributed by atoms with Gasteiger partial charge in [-0.05, 0) is 18.6 Å². The number of hydrogen-bond donors (Lipinski definition) is 5. The molecule has 4 unspecified atom stereocenters. The van der Waals surface area contributed by atoms with E-state index in [4.69, 9.17) is 9.88 Å². The van der Waals surface area contributed by atoms with Crippen LogP contribution in [0.1, 0.15) is 18.4 Å². The van der Waals surface area contributed by atoms with Gasteiger partial charge in [-0.25, -0.2) is 4.79 Å². The Kier molecular flexibility index (Phi) is 7.18. The van der Waals surface area contributed by atoms with Gasteiger partial charge in [0.25, 0.3) is 0 Å². The molecule has 7 nitrogen and oxygen atoms in total. The molecular weight excluding hydrogens is 368 g/mol. The summed E-state index contributed by atoms with van der Waals surface area (Å²) >= 11 is 1.06. The lowest BCUT2D eigenvalue weighted by molar-refractivity contribution is -0.249. The van der Waals surface area contributed by atoms with Crippen molar-refractivity contribution in [3.8, 4) is 0 Å². The number of carbonyl (C=O) groups is 1. The third-order valence-electron chi connectivity index (χ3n) is 4.22. The van der Waals surface area contributed by atoms with Crippen LogP contribution in [0.4, 0.5) is 19.3 Å². The summed E-state index contributed by atoms with van der Waals surface area (Å²) in [4.78, 5) is 11.3. The molecule has 0 aromatic heterocycles. The molecule has 1 aliphatic heterocycles. The number of nitrogens with one attached hydrogen (secondary N) is 2. The summed E-state index contributed by atoms with van der Waals surface area (Å²) in [7, 11) is 1.44. The molecule has 1 heterocycles. The molecule has 2 rings (SSSR count). The number of carbonyl (C=O) groups excluding carboxylic acids is 1. The van der Waals surface area contributed by atoms with Crippen molar-refractivity contribution in [1.29, 1.82) is 0 Å². The summed E-state index contributed by atoms with van der Waals surface area (Å²) in [5, 5.41) is 30.1. The average Bonchev–Trinajstić information content (AvgIpc) is 2.62. The smallest absolute Gasteiger partial charge is 0.318 e. The summed E-state index contributed by atoms with van der Waals surface area (Å²) < 4.78 is 35.2. The van der Waals surface area contributed by atoms with Crippen LogP contribution in [-0.2, 0) is 10.7 Å². The molecule has 1 fully saturated rings. The molecule has 0 bridgehead atoms. The molecular formula is C16H23F2N3O4S. The molecule has 1 saturated heterocycles. The lowest BCUT2D eigenvalue weighted by atomic mass is 9.90. The Labute approximate surface area is 154 Å². The van der Waals surface area contributed by atoms with Gasteiger partial charge >= 0.3 is 12.0 Å². The van der Waals surface area contributed by atoms with Crippen LogP contribution >= 0.6 is 11.9 Å². The molecule has 4 atom stereocenters. The van der Waals surface area contributed by atoms with Gasteiger partial charge in [-0.15, -0.1) is 0 Å². The minimum absolute atomic E-state index is 0.0727. The van der Waals surface area contributed by atoms with Crippen LogP contribution in [0.15, 0.2) is 24.3 Å². The largest absolute Gasteiger partial charge is 0.390 e. The number of ether oxygens (including phenoxy) is 1. The van der Waals surface area contributed by atoms with Crippen LogP contribution in [0, 0.1) is 0 Å². The molecule has 146 valence electrons. The monoisotopic (exact) mass is 391 g/mol. The van der Waals surface area contributed by atoms with Crippen molar-refractivity contribution in [2.45, 2.75) is 43.2 Å². The van der Waals surface area contributed by atoms with Crippen LogP contribution in [0.2, 0.25) is 0 Å². The van der Waals surface area contributed by atoms with Crippen molar-refractivity contribution < 1.29 is 28.5 Å². The van der Waals surface area contributed by atoms with Crippen molar-refractivity contribution in [2.24, 2.45) is 5.14 Å². The van der Waals surface area contributed by atoms with Gasteiger partial charge in [-0.3, -0.25) is 5.14 Å². The number of rotatable bonds is 6. The van der Waals surface area contributed by atoms with Gasteiger partial charge in [0.1, 0.15) is 6.10 Å². The number of amides is 2. The zero-order valence-electron chi connectivity index (χ0n) is 14.2. The van der Waals surface area contributed by atoms with Gasteiger partial charge in [0.15, 0.2) is 6.10 Å². The van der Waals surface area contributed by atoms with E-state index in [1.807, 2.05) is 0 Å². The van der Waals surface area contributed by atoms with Crippen molar-refractivity contribution >= 4 is 23.7 Å². The third kappa shape index (κ3) is 4.83. The van der Waals surface area contributed by atoms with E-state index in [-0.39, 0.29) is 12.0 Å². The van der Waals surface area contributed by atoms with Crippen LogP contribution in [0.25, 0.3) is 0 Å². The minimum atomic E-state index is -3.53. The quantitative estimate of drug-likeness (QED) is 0.468. The fourth-order valence-electron chi connectivity index (χ4n) is 2.77. The first-order chi connectivity index (χ1) is 12.3. The molecule has 26 heavy (non-hydrogen) atoms. The van der Waals surface area contributed by atoms with Crippen LogP contribution < -0.4 is 15.8 Å². The number of nitrogens with two attached hydrogens (primary N) is 1. The topological polar surface area (TPSA) is 117 Å². The number of aliphatic hydroxyl groups excluding tert-OH is 2. The van der Waals surface area contributed by atoms with E-state index in [1.54, 1.807) is 0 Å². The highest BCUT2D eigenvalue weighted by atomic mass is 32.2. The molecule has 10 heteroatoms. The van der Waals surface area contributed by atoms with Crippen LogP contribution in [0.3, 0.4) is 0 Å². The first-order valence-electron chi connectivity index (χ1n) is 8.10. The van der Waals surface area contributed by atoms with E-state index in [0.717, 1.165) is 24.1 Å². The molecule has 0 spiro atoms. The zero-order chi connectivity index (χ0) is 19.3. The van der Waals surface area contributed by atoms with E-state index in [2.05, 4.69) is 10.6 Å². The number of alkyl halides is 2. The Morgan fingerprint density at radius 2 is 2.04 bits per heavy atom. The van der Waals surface area contributed by atoms with Gasteiger partial charge in [0.05, 0.1) is 12.2 Å². The lowest BCUT2D eigenvalue weighted by Crippen LogP contribution is -2.55. The summed E-state index contributed by atoms with van der Waals surface area (Å²) in [6.07, 6.45) is -5.04. The van der Waals surface area contributed by atoms with Crippen LogP contribution in [0.5, 0.6) is 0 Å². The first-order valence-corrected chi connectivity index (χ1v) is 9.14. The summed E-state index contributed by atoms with van der Waals surface area (Å²) in [5.41, 5.74) is -0.0445. The van der Waals surface area contributed by atoms with E-state index in [9.17, 15) is 23.8 Å². The molecule has 1 aromatic rings. The van der Waals surface area contributed by atoms with Crippen molar-refractivity contribution in [1.82, 2.24) is 5.32 Å². The van der Waals surface area contributed by atoms with Crippen molar-refractivity contribution in [3.05, 3.63) is 29.8 Å². The zero-order valence-corrected chi connectivity index (χ0v) is 15.0. The van der Waals surface area contributed by atoms with Crippen molar-refractivity contribution in [2.75, 3.05) is 18.1 Å². The number of benzene rings is 1. The van der Waals surface area contributed by atoms with E-state index >= 15 is 0 Å². The Bertz CT molecular complexity index is 606. The minimum Gasteiger partial charge on any atom is -0.390 e. The number of urea groups is 1. The molecule has 1 aliphatic rings. The maximum atomic E-state index is 14.9. The highest BCUT2D eigenvalue weighted by Crippen LogP contribution is 2.40. The van der Waals surface area contributed by atoms with E-state index < -0.39 is 36.4 Å². The number of hydrogen-bond acceptors (Lipinski definition) is 6. The van der Waals surface area contributed by atoms with Crippen LogP contribution in [-0.4, -0.2) is 53.5 Å². The summed E-state index contributed by atoms with van der Waals surface area (Å²) in [6, 6.07) is 4.47. The SMILES string of the molecule is CNC(=O)Nc1ccc(C(F)(F)C2OC(CCSN)CC(O)C2O)cc1. The maximum Gasteiger partial charge on any atom is 0.318 e. The number of aliphatic hydroxyl groups is 2. The lowest BCUT2D eigenvalue weighted by Gasteiger charge is -2.40. The van der Waals surface area contributed by atoms with E-state index in [0.29, 0.717) is 17.9 Å². The number of anilines is 1. The second-order valence-corrected chi connectivity index (χ2v) is 6.78. The average molecular weight is 391 g/mol. The Morgan fingerprint density at radius 3 is 2.62 bits per heavy atom. The Hall–Kier alpha value is -1.46. The fraction of sp³-hybridized carbons (Fsp3) is 0.562. The van der Waals surface area contributed by atoms with Crippen molar-refractivity contribution in [3.63, 3.8) is 0 Å². The van der Waals surface area contributed by atoms with Gasteiger partial charge in [0.2, 0.25) is 0 Å². The second-order valence-electron chi connectivity index (χ2n) is 6.04. The predicted molar refractivity (Wildman–Crippen MR) is 95.0 cm³/mol. The molecule has 1 aromatic carbocycles. The first kappa shape index (κ1) is 20.8. The van der Waals surface area contributed by atoms with Gasteiger partial charge in [-0.1, -0.05) is 24.1 Å². The normalized spacial score (nSPS) is 26.4. The van der Waals surface area contributed by atoms with Gasteiger partial charge in [-0.2, -0.15) is 8.78 Å². The highest BCUT2D eigenvalue weighted by Gasteiger charge is 2.52. The molecule has 0 aliphatic carbocycles. The fourth-order valence-corrected chi connectivity index (χ4v) is 3.17. The number of halogens is 2. The van der Waals surface area contributed by atoms with E-state index in [1.165, 1.54) is 19.2 Å². The molecule has 0 saturated carbocycles. The molecule has 0 radical (unpaired) electrons. The second kappa shape index (κ2) is 8.96. The Balaban J connectivity index is 2.16. The summed E-state index contributed by atoms with van der Waals surface area (Å²) in [6.45, 7) is 0. The van der Waals surface area contributed by atoms with Gasteiger partial charge < -0.3 is 25.6 Å². The maximum absolute atomic E-state index is 14.9. The van der Waals surface area contributed by atoms with Gasteiger partial charge in [0, 0.05) is 30.5 Å². The Morgan fingerprint density at radius 1 is 1.38 bits per heavy atom. The standard InChI is InChI=1S/C16H23F2N3O4S/c1-20-15(24)21-10-4-2-9(3-5-10)16(17,18)14-13(23)12(22)8-11(25-14)6-7-26-19/h2-5,11-14,22-23H,6-8,19H2,1H3,(H2,20,21,24). The third-order valence-corrected chi connectivity index (χ3v) is 4.69. The molecule has 2 amide bonds.